The molecule has 7 nitrogen and oxygen atoms in total. The van der Waals surface area contributed by atoms with E-state index in [2.05, 4.69) is 20.1 Å². The van der Waals surface area contributed by atoms with Crippen LogP contribution in [-0.2, 0) is 17.7 Å². The number of aromatic nitrogens is 4. The number of nitrogens with zero attached hydrogens (tertiary/aromatic N) is 4. The lowest BCUT2D eigenvalue weighted by Gasteiger charge is -2.28. The predicted octanol–water partition coefficient (Wildman–Crippen LogP) is 2.77. The molecule has 0 fully saturated rings. The lowest BCUT2D eigenvalue weighted by Crippen LogP contribution is -2.31. The summed E-state index contributed by atoms with van der Waals surface area (Å²) in [7, 11) is 0. The number of rotatable bonds is 3. The minimum atomic E-state index is -0.289. The molecule has 0 atom stereocenters. The second-order valence-corrected chi connectivity index (χ2v) is 7.10. The van der Waals surface area contributed by atoms with Crippen LogP contribution in [0.1, 0.15) is 39.2 Å². The average Bonchev–Trinajstić information content (AvgIpc) is 3.18. The Labute approximate surface area is 149 Å². The summed E-state index contributed by atoms with van der Waals surface area (Å²) in [6, 6.07) is 0. The quantitative estimate of drug-likeness (QED) is 0.726. The maximum absolute atomic E-state index is 12.3. The molecule has 0 aliphatic carbocycles. The summed E-state index contributed by atoms with van der Waals surface area (Å²) in [5.41, 5.74) is 3.27. The van der Waals surface area contributed by atoms with Crippen LogP contribution in [0.5, 0.6) is 0 Å². The van der Waals surface area contributed by atoms with Gasteiger partial charge in [0, 0.05) is 30.8 Å². The van der Waals surface area contributed by atoms with Gasteiger partial charge in [-0.1, -0.05) is 0 Å². The Bertz CT molecular complexity index is 962. The van der Waals surface area contributed by atoms with Gasteiger partial charge in [0.05, 0.1) is 18.2 Å². The number of aryl methyl sites for hydroxylation is 2. The zero-order valence-electron chi connectivity index (χ0n) is 14.4. The molecular formula is C17H19N5O2S. The number of hydrogen-bond donors (Lipinski definition) is 1. The number of thiophene rings is 1. The number of aromatic amines is 1. The van der Waals surface area contributed by atoms with E-state index >= 15 is 0 Å². The summed E-state index contributed by atoms with van der Waals surface area (Å²) in [5.74, 6) is 1.30. The molecule has 3 aromatic rings. The molecule has 0 spiro atoms. The van der Waals surface area contributed by atoms with Crippen LogP contribution in [-0.4, -0.2) is 39.3 Å². The average molecular weight is 357 g/mol. The fourth-order valence-corrected chi connectivity index (χ4v) is 4.36. The van der Waals surface area contributed by atoms with Gasteiger partial charge in [-0.3, -0.25) is 5.10 Å². The van der Waals surface area contributed by atoms with E-state index in [0.29, 0.717) is 17.3 Å². The highest BCUT2D eigenvalue weighted by molar-refractivity contribution is 7.20. The van der Waals surface area contributed by atoms with E-state index in [4.69, 9.17) is 9.72 Å². The Morgan fingerprint density at radius 1 is 1.40 bits per heavy atom. The lowest BCUT2D eigenvalue weighted by molar-refractivity contribution is 0.0531. The normalized spacial score (nSPS) is 14.0. The minimum absolute atomic E-state index is 0.289. The summed E-state index contributed by atoms with van der Waals surface area (Å²) in [6.07, 6.45) is 2.77. The maximum Gasteiger partial charge on any atom is 0.348 e. The zero-order chi connectivity index (χ0) is 17.6. The first kappa shape index (κ1) is 16.0. The molecule has 8 heteroatoms. The van der Waals surface area contributed by atoms with E-state index < -0.39 is 0 Å². The van der Waals surface area contributed by atoms with Crippen LogP contribution >= 0.6 is 11.3 Å². The molecule has 0 aromatic carbocycles. The predicted molar refractivity (Wildman–Crippen MR) is 96.2 cm³/mol. The number of carbonyl (C=O) groups is 1. The molecule has 0 amide bonds. The number of nitrogens with one attached hydrogen (secondary N) is 1. The van der Waals surface area contributed by atoms with Crippen molar-refractivity contribution in [1.29, 1.82) is 0 Å². The number of carbonyl (C=O) groups excluding carboxylic acids is 1. The van der Waals surface area contributed by atoms with E-state index in [1.54, 1.807) is 0 Å². The largest absolute Gasteiger partial charge is 0.462 e. The topological polar surface area (TPSA) is 84.0 Å². The molecule has 0 radical (unpaired) electrons. The van der Waals surface area contributed by atoms with Gasteiger partial charge in [0.15, 0.2) is 0 Å². The number of hydrogen-bond acceptors (Lipinski definition) is 7. The summed E-state index contributed by atoms with van der Waals surface area (Å²) < 4.78 is 5.19. The van der Waals surface area contributed by atoms with Crippen LogP contribution in [0.25, 0.3) is 10.2 Å². The molecule has 4 heterocycles. The Balaban J connectivity index is 1.82. The highest BCUT2D eigenvalue weighted by Crippen LogP contribution is 2.37. The number of esters is 1. The molecular weight excluding hydrogens is 338 g/mol. The number of H-pyrrole nitrogens is 1. The van der Waals surface area contributed by atoms with E-state index in [0.717, 1.165) is 41.1 Å². The van der Waals surface area contributed by atoms with Gasteiger partial charge in [0.25, 0.3) is 0 Å². The second-order valence-electron chi connectivity index (χ2n) is 6.10. The Morgan fingerprint density at radius 3 is 3.04 bits per heavy atom. The highest BCUT2D eigenvalue weighted by Gasteiger charge is 2.26. The Morgan fingerprint density at radius 2 is 2.24 bits per heavy atom. The first-order chi connectivity index (χ1) is 12.1. The van der Waals surface area contributed by atoms with Gasteiger partial charge in [0.2, 0.25) is 0 Å². The molecule has 0 saturated carbocycles. The van der Waals surface area contributed by atoms with Crippen molar-refractivity contribution in [2.45, 2.75) is 33.7 Å². The van der Waals surface area contributed by atoms with Gasteiger partial charge in [-0.25, -0.2) is 14.8 Å². The van der Waals surface area contributed by atoms with Crippen molar-refractivity contribution in [3.05, 3.63) is 33.7 Å². The van der Waals surface area contributed by atoms with Crippen LogP contribution in [0.4, 0.5) is 5.82 Å². The third-order valence-corrected chi connectivity index (χ3v) is 5.61. The van der Waals surface area contributed by atoms with Crippen molar-refractivity contribution in [2.75, 3.05) is 18.1 Å². The fraction of sp³-hybridized carbons (Fsp3) is 0.412. The van der Waals surface area contributed by atoms with Crippen LogP contribution in [0.3, 0.4) is 0 Å². The number of fused-ring (bicyclic) bond motifs is 2. The van der Waals surface area contributed by atoms with Gasteiger partial charge in [0.1, 0.15) is 21.3 Å². The van der Waals surface area contributed by atoms with Crippen LogP contribution in [0, 0.1) is 13.8 Å². The first-order valence-corrected chi connectivity index (χ1v) is 9.11. The SMILES string of the molecule is CCOC(=O)c1sc2nc(C)nc(N3CCc4[nH]ncc4C3)c2c1C. The summed E-state index contributed by atoms with van der Waals surface area (Å²) in [5, 5.41) is 8.14. The van der Waals surface area contributed by atoms with Gasteiger partial charge < -0.3 is 9.64 Å². The summed E-state index contributed by atoms with van der Waals surface area (Å²) in [6.45, 7) is 7.60. The van der Waals surface area contributed by atoms with Gasteiger partial charge in [-0.15, -0.1) is 11.3 Å². The zero-order valence-corrected chi connectivity index (χ0v) is 15.2. The van der Waals surface area contributed by atoms with Gasteiger partial charge in [-0.2, -0.15) is 5.10 Å². The van der Waals surface area contributed by atoms with E-state index in [-0.39, 0.29) is 5.97 Å². The third-order valence-electron chi connectivity index (χ3n) is 4.44. The van der Waals surface area contributed by atoms with Crippen molar-refractivity contribution in [3.8, 4) is 0 Å². The van der Waals surface area contributed by atoms with Gasteiger partial charge >= 0.3 is 5.97 Å². The minimum Gasteiger partial charge on any atom is -0.462 e. The first-order valence-electron chi connectivity index (χ1n) is 8.29. The molecule has 0 unspecified atom stereocenters. The second kappa shape index (κ2) is 6.11. The highest BCUT2D eigenvalue weighted by atomic mass is 32.1. The maximum atomic E-state index is 12.3. The molecule has 4 rings (SSSR count). The van der Waals surface area contributed by atoms with Gasteiger partial charge in [-0.05, 0) is 26.3 Å². The molecule has 1 aliphatic rings. The molecule has 1 aliphatic heterocycles. The van der Waals surface area contributed by atoms with Crippen LogP contribution < -0.4 is 4.90 Å². The monoisotopic (exact) mass is 357 g/mol. The molecule has 130 valence electrons. The molecule has 3 aromatic heterocycles. The lowest BCUT2D eigenvalue weighted by atomic mass is 10.1. The van der Waals surface area contributed by atoms with Crippen molar-refractivity contribution in [2.24, 2.45) is 0 Å². The van der Waals surface area contributed by atoms with Crippen LogP contribution in [0.2, 0.25) is 0 Å². The van der Waals surface area contributed by atoms with Crippen molar-refractivity contribution in [1.82, 2.24) is 20.2 Å². The van der Waals surface area contributed by atoms with Crippen molar-refractivity contribution in [3.63, 3.8) is 0 Å². The summed E-state index contributed by atoms with van der Waals surface area (Å²) >= 11 is 1.38. The number of anilines is 1. The van der Waals surface area contributed by atoms with Crippen molar-refractivity contribution < 1.29 is 9.53 Å². The third kappa shape index (κ3) is 2.66. The van der Waals surface area contributed by atoms with E-state index in [1.807, 2.05) is 27.0 Å². The van der Waals surface area contributed by atoms with E-state index in [9.17, 15) is 4.79 Å². The smallest absolute Gasteiger partial charge is 0.348 e. The summed E-state index contributed by atoms with van der Waals surface area (Å²) in [4.78, 5) is 25.2. The van der Waals surface area contributed by atoms with E-state index in [1.165, 1.54) is 22.6 Å². The molecule has 1 N–H and O–H groups in total. The molecule has 0 bridgehead atoms. The fourth-order valence-electron chi connectivity index (χ4n) is 3.24. The standard InChI is InChI=1S/C17H19N5O2S/c1-4-24-17(23)14-9(2)13-15(19-10(3)20-16(13)25-14)22-6-5-12-11(8-22)7-18-21-12/h7H,4-6,8H2,1-3H3,(H,18,21). The molecule has 25 heavy (non-hydrogen) atoms. The number of ether oxygens (including phenoxy) is 1. The Kier molecular flexibility index (Phi) is 3.91. The molecule has 0 saturated heterocycles. The Hall–Kier alpha value is -2.48. The van der Waals surface area contributed by atoms with Crippen molar-refractivity contribution >= 4 is 33.3 Å². The van der Waals surface area contributed by atoms with Crippen LogP contribution in [0.15, 0.2) is 6.20 Å².